The third kappa shape index (κ3) is 6.16. The molecule has 0 fully saturated rings. The van der Waals surface area contributed by atoms with Crippen molar-refractivity contribution in [3.05, 3.63) is 48.0 Å². The molecule has 1 heterocycles. The predicted molar refractivity (Wildman–Crippen MR) is 131 cm³/mol. The summed E-state index contributed by atoms with van der Waals surface area (Å²) in [6.45, 7) is 4.99. The topological polar surface area (TPSA) is 114 Å². The number of carbonyl (C=O) groups is 2. The summed E-state index contributed by atoms with van der Waals surface area (Å²) >= 11 is 0. The lowest BCUT2D eigenvalue weighted by atomic mass is 10.1. The minimum atomic E-state index is -3.82. The second-order valence-electron chi connectivity index (χ2n) is 7.89. The zero-order valence-electron chi connectivity index (χ0n) is 20.3. The number of anilines is 1. The highest BCUT2D eigenvalue weighted by Crippen LogP contribution is 2.36. The molecule has 0 saturated heterocycles. The Morgan fingerprint density at radius 3 is 2.40 bits per heavy atom. The van der Waals surface area contributed by atoms with Gasteiger partial charge in [-0.2, -0.15) is 0 Å². The lowest BCUT2D eigenvalue weighted by molar-refractivity contribution is -0.139. The van der Waals surface area contributed by atoms with Crippen molar-refractivity contribution < 1.29 is 32.2 Å². The quantitative estimate of drug-likeness (QED) is 0.498. The molecule has 2 amide bonds. The van der Waals surface area contributed by atoms with E-state index in [4.69, 9.17) is 14.2 Å². The van der Waals surface area contributed by atoms with E-state index in [0.29, 0.717) is 23.8 Å². The van der Waals surface area contributed by atoms with Gasteiger partial charge in [0.05, 0.1) is 18.6 Å². The molecule has 1 N–H and O–H groups in total. The van der Waals surface area contributed by atoms with Crippen molar-refractivity contribution in [1.29, 1.82) is 0 Å². The molecule has 0 radical (unpaired) electrons. The Kier molecular flexibility index (Phi) is 8.44. The standard InChI is InChI=1S/C24H31N3O7S/c1-5-25-24(29)17(3)26(14-18-7-10-20(32-4)11-8-18)23(28)15-27(35(30,31)6-2)19-9-12-21-22(13-19)34-16-33-21/h7-13,17H,5-6,14-16H2,1-4H3,(H,25,29)/t17-/m1/s1. The lowest BCUT2D eigenvalue weighted by Gasteiger charge is -2.31. The molecular formula is C24H31N3O7S. The highest BCUT2D eigenvalue weighted by atomic mass is 32.2. The molecule has 0 bridgehead atoms. The molecule has 1 atom stereocenters. The molecule has 190 valence electrons. The van der Waals surface area contributed by atoms with E-state index < -0.39 is 28.5 Å². The molecule has 11 heteroatoms. The first-order valence-electron chi connectivity index (χ1n) is 11.3. The van der Waals surface area contributed by atoms with Crippen LogP contribution in [0.5, 0.6) is 17.2 Å². The summed E-state index contributed by atoms with van der Waals surface area (Å²) in [6, 6.07) is 11.0. The van der Waals surface area contributed by atoms with E-state index in [1.807, 2.05) is 0 Å². The van der Waals surface area contributed by atoms with Gasteiger partial charge in [-0.05, 0) is 50.6 Å². The van der Waals surface area contributed by atoms with Crippen LogP contribution in [-0.4, -0.2) is 63.9 Å². The average molecular weight is 506 g/mol. The number of likely N-dealkylation sites (N-methyl/N-ethyl adjacent to an activating group) is 1. The third-order valence-electron chi connectivity index (χ3n) is 5.65. The van der Waals surface area contributed by atoms with Crippen LogP contribution >= 0.6 is 0 Å². The normalized spacial score (nSPS) is 13.1. The maximum atomic E-state index is 13.6. The Hall–Kier alpha value is -3.47. The molecule has 2 aromatic carbocycles. The first-order chi connectivity index (χ1) is 16.7. The number of nitrogens with zero attached hydrogens (tertiary/aromatic N) is 2. The minimum Gasteiger partial charge on any atom is -0.497 e. The molecule has 0 aliphatic carbocycles. The number of hydrogen-bond donors (Lipinski definition) is 1. The van der Waals surface area contributed by atoms with Gasteiger partial charge in [-0.15, -0.1) is 0 Å². The number of ether oxygens (including phenoxy) is 3. The number of carbonyl (C=O) groups excluding carboxylic acids is 2. The van der Waals surface area contributed by atoms with Gasteiger partial charge in [0.1, 0.15) is 18.3 Å². The van der Waals surface area contributed by atoms with E-state index in [2.05, 4.69) is 5.32 Å². The van der Waals surface area contributed by atoms with Gasteiger partial charge in [0.25, 0.3) is 0 Å². The highest BCUT2D eigenvalue weighted by molar-refractivity contribution is 7.92. The number of methoxy groups -OCH3 is 1. The fourth-order valence-electron chi connectivity index (χ4n) is 3.59. The molecule has 1 aliphatic heterocycles. The van der Waals surface area contributed by atoms with Crippen molar-refractivity contribution in [2.75, 3.05) is 37.1 Å². The zero-order valence-corrected chi connectivity index (χ0v) is 21.1. The van der Waals surface area contributed by atoms with Crippen molar-refractivity contribution in [3.8, 4) is 17.2 Å². The Bertz CT molecular complexity index is 1150. The first-order valence-corrected chi connectivity index (χ1v) is 12.9. The summed E-state index contributed by atoms with van der Waals surface area (Å²) in [4.78, 5) is 27.6. The number of benzene rings is 2. The van der Waals surface area contributed by atoms with Crippen LogP contribution in [-0.2, 0) is 26.2 Å². The molecule has 2 aromatic rings. The van der Waals surface area contributed by atoms with Gasteiger partial charge in [0.15, 0.2) is 11.5 Å². The van der Waals surface area contributed by atoms with Gasteiger partial charge in [-0.25, -0.2) is 8.42 Å². The van der Waals surface area contributed by atoms with Crippen molar-refractivity contribution in [1.82, 2.24) is 10.2 Å². The molecule has 10 nitrogen and oxygen atoms in total. The fraction of sp³-hybridized carbons (Fsp3) is 0.417. The average Bonchev–Trinajstić information content (AvgIpc) is 3.33. The van der Waals surface area contributed by atoms with E-state index in [1.54, 1.807) is 57.4 Å². The van der Waals surface area contributed by atoms with Crippen LogP contribution in [0.3, 0.4) is 0 Å². The number of nitrogens with one attached hydrogen (secondary N) is 1. The molecular weight excluding hydrogens is 474 g/mol. The lowest BCUT2D eigenvalue weighted by Crippen LogP contribution is -2.51. The molecule has 0 spiro atoms. The van der Waals surface area contributed by atoms with E-state index >= 15 is 0 Å². The van der Waals surface area contributed by atoms with E-state index in [-0.39, 0.29) is 30.7 Å². The van der Waals surface area contributed by atoms with Gasteiger partial charge >= 0.3 is 0 Å². The fourth-order valence-corrected chi connectivity index (χ4v) is 4.65. The summed E-state index contributed by atoms with van der Waals surface area (Å²) in [5.74, 6) is 0.499. The third-order valence-corrected chi connectivity index (χ3v) is 7.39. The van der Waals surface area contributed by atoms with Crippen LogP contribution in [0.1, 0.15) is 26.3 Å². The SMILES string of the molecule is CCNC(=O)[C@@H](C)N(Cc1ccc(OC)cc1)C(=O)CN(c1ccc2c(c1)OCO2)S(=O)(=O)CC. The van der Waals surface area contributed by atoms with Crippen molar-refractivity contribution >= 4 is 27.5 Å². The Morgan fingerprint density at radius 2 is 1.77 bits per heavy atom. The van der Waals surface area contributed by atoms with Gasteiger partial charge in [0.2, 0.25) is 28.6 Å². The molecule has 0 saturated carbocycles. The number of sulfonamides is 1. The second-order valence-corrected chi connectivity index (χ2v) is 10.1. The summed E-state index contributed by atoms with van der Waals surface area (Å²) in [5, 5.41) is 2.72. The van der Waals surface area contributed by atoms with Gasteiger partial charge in [-0.3, -0.25) is 13.9 Å². The maximum absolute atomic E-state index is 13.6. The molecule has 3 rings (SSSR count). The summed E-state index contributed by atoms with van der Waals surface area (Å²) in [7, 11) is -2.27. The Labute approximate surface area is 205 Å². The second kappa shape index (κ2) is 11.3. The van der Waals surface area contributed by atoms with Crippen molar-refractivity contribution in [2.24, 2.45) is 0 Å². The molecule has 0 aromatic heterocycles. The van der Waals surface area contributed by atoms with Gasteiger partial charge < -0.3 is 24.4 Å². The summed E-state index contributed by atoms with van der Waals surface area (Å²) in [6.07, 6.45) is 0. The van der Waals surface area contributed by atoms with Crippen LogP contribution in [0.25, 0.3) is 0 Å². The molecule has 1 aliphatic rings. The first kappa shape index (κ1) is 26.1. The molecule has 0 unspecified atom stereocenters. The van der Waals surface area contributed by atoms with E-state index in [0.717, 1.165) is 9.87 Å². The number of amides is 2. The summed E-state index contributed by atoms with van der Waals surface area (Å²) < 4.78 is 42.9. The zero-order chi connectivity index (χ0) is 25.6. The Balaban J connectivity index is 1.92. The number of rotatable bonds is 11. The maximum Gasteiger partial charge on any atom is 0.244 e. The van der Waals surface area contributed by atoms with Gasteiger partial charge in [-0.1, -0.05) is 12.1 Å². The van der Waals surface area contributed by atoms with Crippen LogP contribution < -0.4 is 23.8 Å². The van der Waals surface area contributed by atoms with Crippen molar-refractivity contribution in [3.63, 3.8) is 0 Å². The van der Waals surface area contributed by atoms with Crippen LogP contribution in [0.2, 0.25) is 0 Å². The van der Waals surface area contributed by atoms with Crippen LogP contribution in [0, 0.1) is 0 Å². The highest BCUT2D eigenvalue weighted by Gasteiger charge is 2.31. The molecule has 35 heavy (non-hydrogen) atoms. The largest absolute Gasteiger partial charge is 0.497 e. The van der Waals surface area contributed by atoms with E-state index in [1.165, 1.54) is 17.9 Å². The number of hydrogen-bond acceptors (Lipinski definition) is 7. The van der Waals surface area contributed by atoms with Gasteiger partial charge in [0, 0.05) is 19.2 Å². The number of fused-ring (bicyclic) bond motifs is 1. The smallest absolute Gasteiger partial charge is 0.244 e. The minimum absolute atomic E-state index is 0.0396. The van der Waals surface area contributed by atoms with Crippen molar-refractivity contribution in [2.45, 2.75) is 33.4 Å². The van der Waals surface area contributed by atoms with E-state index in [9.17, 15) is 18.0 Å². The monoisotopic (exact) mass is 505 g/mol. The Morgan fingerprint density at radius 1 is 1.09 bits per heavy atom. The predicted octanol–water partition coefficient (Wildman–Crippen LogP) is 2.13. The van der Waals surface area contributed by atoms with Crippen LogP contribution in [0.4, 0.5) is 5.69 Å². The summed E-state index contributed by atoms with van der Waals surface area (Å²) in [5.41, 5.74) is 1.04. The van der Waals surface area contributed by atoms with Crippen LogP contribution in [0.15, 0.2) is 42.5 Å².